The Morgan fingerprint density at radius 3 is 2.47 bits per heavy atom. The maximum Gasteiger partial charge on any atom is 0.241 e. The summed E-state index contributed by atoms with van der Waals surface area (Å²) < 4.78 is 35.7. The molecule has 2 heterocycles. The number of imidazole rings is 1. The highest BCUT2D eigenvalue weighted by Gasteiger charge is 2.27. The van der Waals surface area contributed by atoms with E-state index in [0.717, 1.165) is 22.2 Å². The first-order chi connectivity index (χ1) is 14.2. The normalized spacial score (nSPS) is 13.7. The van der Waals surface area contributed by atoms with E-state index in [9.17, 15) is 18.6 Å². The number of aromatic nitrogens is 2. The average molecular weight is 429 g/mol. The van der Waals surface area contributed by atoms with Gasteiger partial charge < -0.3 is 19.2 Å². The topological polar surface area (TPSA) is 118 Å². The van der Waals surface area contributed by atoms with Gasteiger partial charge in [0, 0.05) is 28.7 Å². The van der Waals surface area contributed by atoms with Crippen LogP contribution in [0.5, 0.6) is 0 Å². The highest BCUT2D eigenvalue weighted by molar-refractivity contribution is 7.89. The molecule has 4 aromatic rings. The molecule has 0 radical (unpaired) electrons. The van der Waals surface area contributed by atoms with Gasteiger partial charge >= 0.3 is 0 Å². The van der Waals surface area contributed by atoms with Gasteiger partial charge in [0.15, 0.2) is 6.29 Å². The second-order valence-electron chi connectivity index (χ2n) is 7.67. The van der Waals surface area contributed by atoms with E-state index in [-0.39, 0.29) is 10.8 Å². The van der Waals surface area contributed by atoms with Crippen molar-refractivity contribution < 1.29 is 23.0 Å². The molecule has 158 valence electrons. The Morgan fingerprint density at radius 2 is 1.83 bits per heavy atom. The summed E-state index contributed by atoms with van der Waals surface area (Å²) in [6, 6.07) is 9.30. The van der Waals surface area contributed by atoms with Crippen LogP contribution >= 0.6 is 0 Å². The summed E-state index contributed by atoms with van der Waals surface area (Å²) >= 11 is 0. The second kappa shape index (κ2) is 7.51. The van der Waals surface area contributed by atoms with Crippen LogP contribution in [-0.2, 0) is 10.0 Å². The molecule has 9 heteroatoms. The highest BCUT2D eigenvalue weighted by atomic mass is 32.2. The summed E-state index contributed by atoms with van der Waals surface area (Å²) in [4.78, 5) is 4.23. The van der Waals surface area contributed by atoms with Gasteiger partial charge in [0.25, 0.3) is 0 Å². The van der Waals surface area contributed by atoms with Gasteiger partial charge in [-0.3, -0.25) is 0 Å². The van der Waals surface area contributed by atoms with Gasteiger partial charge in [0.2, 0.25) is 10.0 Å². The molecule has 0 unspecified atom stereocenters. The smallest absolute Gasteiger partial charge is 0.241 e. The number of sulfonamides is 1. The number of hydrogen-bond acceptors (Lipinski definition) is 6. The minimum absolute atomic E-state index is 0.00851. The zero-order valence-electron chi connectivity index (χ0n) is 16.8. The third kappa shape index (κ3) is 3.72. The Hall–Kier alpha value is -2.72. The summed E-state index contributed by atoms with van der Waals surface area (Å²) in [5.74, 6) is -0.306. The largest absolute Gasteiger partial charge is 0.456 e. The zero-order chi connectivity index (χ0) is 21.6. The third-order valence-electron chi connectivity index (χ3n) is 5.08. The van der Waals surface area contributed by atoms with Crippen molar-refractivity contribution in [1.29, 1.82) is 0 Å². The highest BCUT2D eigenvalue weighted by Crippen LogP contribution is 2.32. The molecule has 0 aliphatic rings. The van der Waals surface area contributed by atoms with Crippen LogP contribution in [0.4, 0.5) is 0 Å². The van der Waals surface area contributed by atoms with Crippen LogP contribution in [0.25, 0.3) is 27.6 Å². The zero-order valence-corrected chi connectivity index (χ0v) is 17.6. The lowest BCUT2D eigenvalue weighted by Crippen LogP contribution is -2.46. The fraction of sp³-hybridized carbons (Fsp3) is 0.286. The average Bonchev–Trinajstić information content (AvgIpc) is 3.28. The van der Waals surface area contributed by atoms with Crippen LogP contribution in [-0.4, -0.2) is 40.5 Å². The van der Waals surface area contributed by atoms with E-state index in [1.54, 1.807) is 26.2 Å². The van der Waals surface area contributed by atoms with Crippen molar-refractivity contribution in [2.45, 2.75) is 38.0 Å². The standard InChI is InChI=1S/C21H23N3O5S/c1-12(2)20(21(25)26)23-30(27,28)15-5-6-16-17-8-14(24-10-13(3)22-11-24)4-7-18(17)29-19(16)9-15/h4-12,20-21,23,25-26H,1-3H3/t20-/m0/s1. The number of rotatable bonds is 6. The number of nitrogens with zero attached hydrogens (tertiary/aromatic N) is 2. The van der Waals surface area contributed by atoms with Crippen molar-refractivity contribution in [3.63, 3.8) is 0 Å². The Bertz CT molecular complexity index is 1310. The molecule has 0 aliphatic carbocycles. The van der Waals surface area contributed by atoms with Crippen LogP contribution in [0.3, 0.4) is 0 Å². The Morgan fingerprint density at radius 1 is 1.07 bits per heavy atom. The lowest BCUT2D eigenvalue weighted by Gasteiger charge is -2.23. The number of nitrogens with one attached hydrogen (secondary N) is 1. The van der Waals surface area contributed by atoms with E-state index in [1.165, 1.54) is 12.1 Å². The molecule has 0 aliphatic heterocycles. The summed E-state index contributed by atoms with van der Waals surface area (Å²) in [6.07, 6.45) is 1.84. The van der Waals surface area contributed by atoms with Crippen LogP contribution in [0.15, 0.2) is 58.2 Å². The molecule has 0 spiro atoms. The van der Waals surface area contributed by atoms with E-state index < -0.39 is 22.4 Å². The number of fused-ring (bicyclic) bond motifs is 3. The van der Waals surface area contributed by atoms with E-state index in [0.29, 0.717) is 11.2 Å². The van der Waals surface area contributed by atoms with Gasteiger partial charge in [-0.05, 0) is 43.2 Å². The summed E-state index contributed by atoms with van der Waals surface area (Å²) in [5, 5.41) is 20.6. The predicted molar refractivity (Wildman–Crippen MR) is 113 cm³/mol. The van der Waals surface area contributed by atoms with Crippen LogP contribution < -0.4 is 4.72 Å². The minimum atomic E-state index is -3.97. The quantitative estimate of drug-likeness (QED) is 0.406. The molecular formula is C21H23N3O5S. The first-order valence-electron chi connectivity index (χ1n) is 9.51. The van der Waals surface area contributed by atoms with Gasteiger partial charge in [0.1, 0.15) is 11.2 Å². The Kier molecular flexibility index (Phi) is 5.15. The molecule has 2 aromatic heterocycles. The van der Waals surface area contributed by atoms with Crippen LogP contribution in [0.1, 0.15) is 19.5 Å². The summed E-state index contributed by atoms with van der Waals surface area (Å²) in [7, 11) is -3.97. The van der Waals surface area contributed by atoms with Crippen LogP contribution in [0.2, 0.25) is 0 Å². The molecule has 0 saturated carbocycles. The monoisotopic (exact) mass is 429 g/mol. The first-order valence-corrected chi connectivity index (χ1v) is 11.0. The molecular weight excluding hydrogens is 406 g/mol. The maximum atomic E-state index is 12.8. The van der Waals surface area contributed by atoms with Crippen molar-refractivity contribution in [2.24, 2.45) is 5.92 Å². The number of aliphatic hydroxyl groups is 2. The van der Waals surface area contributed by atoms with E-state index >= 15 is 0 Å². The fourth-order valence-electron chi connectivity index (χ4n) is 3.42. The molecule has 4 rings (SSSR count). The second-order valence-corrected chi connectivity index (χ2v) is 9.38. The van der Waals surface area contributed by atoms with Gasteiger partial charge in [-0.2, -0.15) is 0 Å². The molecule has 0 saturated heterocycles. The number of furan rings is 1. The predicted octanol–water partition coefficient (Wildman–Crippen LogP) is 2.69. The Balaban J connectivity index is 1.75. The lowest BCUT2D eigenvalue weighted by molar-refractivity contribution is -0.0718. The molecule has 30 heavy (non-hydrogen) atoms. The van der Waals surface area contributed by atoms with E-state index in [2.05, 4.69) is 9.71 Å². The molecule has 3 N–H and O–H groups in total. The van der Waals surface area contributed by atoms with Crippen molar-refractivity contribution in [2.75, 3.05) is 0 Å². The molecule has 8 nitrogen and oxygen atoms in total. The number of benzene rings is 2. The van der Waals surface area contributed by atoms with E-state index in [1.807, 2.05) is 35.9 Å². The molecule has 0 bridgehead atoms. The van der Waals surface area contributed by atoms with Gasteiger partial charge in [0.05, 0.1) is 23.0 Å². The maximum absolute atomic E-state index is 12.8. The molecule has 0 fully saturated rings. The number of hydrogen-bond donors (Lipinski definition) is 3. The fourth-order valence-corrected chi connectivity index (χ4v) is 4.82. The van der Waals surface area contributed by atoms with Crippen molar-refractivity contribution in [3.05, 3.63) is 54.6 Å². The van der Waals surface area contributed by atoms with Gasteiger partial charge in [-0.1, -0.05) is 13.8 Å². The first kappa shape index (κ1) is 20.5. The molecule has 0 amide bonds. The van der Waals surface area contributed by atoms with Gasteiger partial charge in [-0.25, -0.2) is 18.1 Å². The van der Waals surface area contributed by atoms with Crippen molar-refractivity contribution >= 4 is 32.0 Å². The van der Waals surface area contributed by atoms with E-state index in [4.69, 9.17) is 4.42 Å². The van der Waals surface area contributed by atoms with Crippen molar-refractivity contribution in [3.8, 4) is 5.69 Å². The third-order valence-corrected chi connectivity index (χ3v) is 6.53. The number of aliphatic hydroxyl groups excluding tert-OH is 1. The van der Waals surface area contributed by atoms with Gasteiger partial charge in [-0.15, -0.1) is 0 Å². The number of aryl methyl sites for hydroxylation is 1. The lowest BCUT2D eigenvalue weighted by atomic mass is 10.1. The van der Waals surface area contributed by atoms with Crippen LogP contribution in [0, 0.1) is 12.8 Å². The Labute approximate surface area is 173 Å². The summed E-state index contributed by atoms with van der Waals surface area (Å²) in [5.41, 5.74) is 2.89. The molecule has 1 atom stereocenters. The van der Waals surface area contributed by atoms with Crippen molar-refractivity contribution in [1.82, 2.24) is 14.3 Å². The SMILES string of the molecule is Cc1cn(-c2ccc3oc4cc(S(=O)(=O)N[C@@H](C(C)C)C(O)O)ccc4c3c2)cn1. The summed E-state index contributed by atoms with van der Waals surface area (Å²) in [6.45, 7) is 5.32. The molecule has 2 aromatic carbocycles. The minimum Gasteiger partial charge on any atom is -0.456 e.